The number of benzene rings is 3. The summed E-state index contributed by atoms with van der Waals surface area (Å²) in [7, 11) is -1.13. The number of carbonyl (C=O) groups excluding carboxylic acids is 2. The fourth-order valence-electron chi connectivity index (χ4n) is 4.01. The van der Waals surface area contributed by atoms with Crippen molar-refractivity contribution in [2.24, 2.45) is 0 Å². The van der Waals surface area contributed by atoms with Crippen molar-refractivity contribution in [3.63, 3.8) is 0 Å². The zero-order valence-electron chi connectivity index (χ0n) is 21.5. The minimum Gasteiger partial charge on any atom is -0.495 e. The Bertz CT molecular complexity index is 1440. The van der Waals surface area contributed by atoms with Crippen molar-refractivity contribution >= 4 is 62.3 Å². The molecule has 0 fully saturated rings. The summed E-state index contributed by atoms with van der Waals surface area (Å²) >= 11 is 18.5. The van der Waals surface area contributed by atoms with Crippen LogP contribution in [0.3, 0.4) is 0 Å². The number of hydrogen-bond donors (Lipinski definition) is 1. The number of ether oxygens (including phenoxy) is 1. The molecule has 0 spiro atoms. The van der Waals surface area contributed by atoms with Crippen LogP contribution < -0.4 is 14.4 Å². The Kier molecular flexibility index (Phi) is 10.5. The van der Waals surface area contributed by atoms with Gasteiger partial charge in [0.1, 0.15) is 18.3 Å². The molecular weight excluding hydrogens is 585 g/mol. The Morgan fingerprint density at radius 3 is 2.23 bits per heavy atom. The summed E-state index contributed by atoms with van der Waals surface area (Å²) in [5, 5.41) is 3.49. The lowest BCUT2D eigenvalue weighted by atomic mass is 10.0. The first-order valence-electron chi connectivity index (χ1n) is 11.7. The third-order valence-corrected chi connectivity index (χ3v) is 8.04. The average Bonchev–Trinajstić information content (AvgIpc) is 2.90. The Morgan fingerprint density at radius 2 is 1.64 bits per heavy atom. The number of anilines is 1. The second-order valence-electron chi connectivity index (χ2n) is 8.68. The van der Waals surface area contributed by atoms with Crippen LogP contribution in [0.25, 0.3) is 0 Å². The van der Waals surface area contributed by atoms with Gasteiger partial charge >= 0.3 is 0 Å². The molecule has 208 valence electrons. The number of sulfonamides is 1. The molecule has 0 bridgehead atoms. The molecule has 0 heterocycles. The molecule has 1 atom stereocenters. The Hall–Kier alpha value is -2.98. The lowest BCUT2D eigenvalue weighted by molar-refractivity contribution is -0.139. The Morgan fingerprint density at radius 1 is 0.949 bits per heavy atom. The highest BCUT2D eigenvalue weighted by Gasteiger charge is 2.33. The first-order chi connectivity index (χ1) is 18.4. The summed E-state index contributed by atoms with van der Waals surface area (Å²) in [4.78, 5) is 28.5. The first kappa shape index (κ1) is 30.6. The first-order valence-corrected chi connectivity index (χ1v) is 14.7. The van der Waals surface area contributed by atoms with E-state index in [1.807, 2.05) is 30.3 Å². The fourth-order valence-corrected chi connectivity index (χ4v) is 5.34. The van der Waals surface area contributed by atoms with Crippen LogP contribution in [-0.4, -0.2) is 58.1 Å². The van der Waals surface area contributed by atoms with Gasteiger partial charge in [-0.05, 0) is 41.5 Å². The number of hydrogen-bond acceptors (Lipinski definition) is 5. The fraction of sp³-hybridized carbons (Fsp3) is 0.259. The van der Waals surface area contributed by atoms with Gasteiger partial charge in [0.15, 0.2) is 0 Å². The van der Waals surface area contributed by atoms with E-state index in [0.717, 1.165) is 16.1 Å². The van der Waals surface area contributed by atoms with E-state index in [0.29, 0.717) is 10.6 Å². The van der Waals surface area contributed by atoms with E-state index < -0.39 is 34.4 Å². The standard InChI is InChI=1S/C27H28Cl3N3O5S/c1-31-27(35)24(14-18-7-5-4-6-8-18)32(16-19-9-11-21(29)22(30)13-19)26(34)17-33(39(3,36)37)23-15-20(28)10-12-25(23)38-2/h4-13,15,24H,14,16-17H2,1-3H3,(H,31,35)/t24-/m1/s1. The van der Waals surface area contributed by atoms with E-state index in [9.17, 15) is 18.0 Å². The molecule has 3 aromatic rings. The third kappa shape index (κ3) is 8.02. The number of nitrogens with zero attached hydrogens (tertiary/aromatic N) is 2. The highest BCUT2D eigenvalue weighted by molar-refractivity contribution is 7.92. The van der Waals surface area contributed by atoms with Crippen molar-refractivity contribution in [2.45, 2.75) is 19.0 Å². The van der Waals surface area contributed by atoms with Crippen molar-refractivity contribution in [2.75, 3.05) is 31.3 Å². The zero-order valence-corrected chi connectivity index (χ0v) is 24.6. The van der Waals surface area contributed by atoms with Crippen LogP contribution in [0.5, 0.6) is 5.75 Å². The predicted molar refractivity (Wildman–Crippen MR) is 155 cm³/mol. The monoisotopic (exact) mass is 611 g/mol. The molecule has 0 aromatic heterocycles. The minimum atomic E-state index is -3.98. The van der Waals surface area contributed by atoms with Gasteiger partial charge in [-0.15, -0.1) is 0 Å². The number of methoxy groups -OCH3 is 1. The van der Waals surface area contributed by atoms with Gasteiger partial charge in [-0.25, -0.2) is 8.42 Å². The molecule has 0 aliphatic heterocycles. The van der Waals surface area contributed by atoms with Crippen molar-refractivity contribution < 1.29 is 22.7 Å². The smallest absolute Gasteiger partial charge is 0.244 e. The number of amides is 2. The molecule has 0 aliphatic rings. The molecule has 0 saturated heterocycles. The summed E-state index contributed by atoms with van der Waals surface area (Å²) in [5.41, 5.74) is 1.51. The van der Waals surface area contributed by atoms with Gasteiger partial charge in [0, 0.05) is 25.0 Å². The van der Waals surface area contributed by atoms with E-state index in [-0.39, 0.29) is 34.4 Å². The van der Waals surface area contributed by atoms with Gasteiger partial charge in [-0.3, -0.25) is 13.9 Å². The van der Waals surface area contributed by atoms with Crippen molar-refractivity contribution in [1.82, 2.24) is 10.2 Å². The zero-order chi connectivity index (χ0) is 28.7. The van der Waals surface area contributed by atoms with Crippen LogP contribution in [0, 0.1) is 0 Å². The molecule has 12 heteroatoms. The third-order valence-electron chi connectivity index (χ3n) is 5.94. The van der Waals surface area contributed by atoms with Crippen LogP contribution in [0.15, 0.2) is 66.7 Å². The van der Waals surface area contributed by atoms with Crippen LogP contribution >= 0.6 is 34.8 Å². The highest BCUT2D eigenvalue weighted by Crippen LogP contribution is 2.33. The molecule has 3 rings (SSSR count). The molecule has 1 N–H and O–H groups in total. The number of carbonyl (C=O) groups is 2. The van der Waals surface area contributed by atoms with Crippen LogP contribution in [0.4, 0.5) is 5.69 Å². The molecule has 0 radical (unpaired) electrons. The van der Waals surface area contributed by atoms with Gasteiger partial charge in [0.25, 0.3) is 0 Å². The lowest BCUT2D eigenvalue weighted by Gasteiger charge is -2.33. The second kappa shape index (κ2) is 13.4. The van der Waals surface area contributed by atoms with Crippen LogP contribution in [0.2, 0.25) is 15.1 Å². The van der Waals surface area contributed by atoms with Crippen molar-refractivity contribution in [3.8, 4) is 5.75 Å². The summed E-state index contributed by atoms with van der Waals surface area (Å²) in [6.45, 7) is -0.649. The summed E-state index contributed by atoms with van der Waals surface area (Å²) < 4.78 is 32.1. The minimum absolute atomic E-state index is 0.0368. The Labute approximate surface area is 243 Å². The van der Waals surface area contributed by atoms with Gasteiger partial charge in [-0.1, -0.05) is 71.2 Å². The van der Waals surface area contributed by atoms with Crippen molar-refractivity contribution in [3.05, 3.63) is 92.9 Å². The maximum atomic E-state index is 14.0. The number of nitrogens with one attached hydrogen (secondary N) is 1. The van der Waals surface area contributed by atoms with E-state index in [1.54, 1.807) is 24.3 Å². The molecule has 2 amide bonds. The SMILES string of the molecule is CNC(=O)[C@@H](Cc1ccccc1)N(Cc1ccc(Cl)c(Cl)c1)C(=O)CN(c1cc(Cl)ccc1OC)S(C)(=O)=O. The molecular formula is C27H28Cl3N3O5S. The van der Waals surface area contributed by atoms with Gasteiger partial charge in [0.05, 0.1) is 29.1 Å². The lowest BCUT2D eigenvalue weighted by Crippen LogP contribution is -2.52. The maximum Gasteiger partial charge on any atom is 0.244 e. The average molecular weight is 613 g/mol. The van der Waals surface area contributed by atoms with Gasteiger partial charge < -0.3 is 15.0 Å². The van der Waals surface area contributed by atoms with Gasteiger partial charge in [-0.2, -0.15) is 0 Å². The highest BCUT2D eigenvalue weighted by atomic mass is 35.5. The molecule has 39 heavy (non-hydrogen) atoms. The van der Waals surface area contributed by atoms with Crippen LogP contribution in [0.1, 0.15) is 11.1 Å². The normalized spacial score (nSPS) is 11.9. The number of likely N-dealkylation sites (N-methyl/N-ethyl adjacent to an activating group) is 1. The molecule has 0 saturated carbocycles. The summed E-state index contributed by atoms with van der Waals surface area (Å²) in [6.07, 6.45) is 1.16. The van der Waals surface area contributed by atoms with E-state index in [4.69, 9.17) is 39.5 Å². The van der Waals surface area contributed by atoms with Crippen molar-refractivity contribution in [1.29, 1.82) is 0 Å². The molecule has 8 nitrogen and oxygen atoms in total. The second-order valence-corrected chi connectivity index (χ2v) is 11.8. The molecule has 3 aromatic carbocycles. The molecule has 0 aliphatic carbocycles. The number of halogens is 3. The van der Waals surface area contributed by atoms with E-state index in [1.165, 1.54) is 31.2 Å². The number of rotatable bonds is 11. The predicted octanol–water partition coefficient (Wildman–Crippen LogP) is 4.81. The van der Waals surface area contributed by atoms with Crippen LogP contribution in [-0.2, 0) is 32.6 Å². The maximum absolute atomic E-state index is 14.0. The topological polar surface area (TPSA) is 96.0 Å². The summed E-state index contributed by atoms with van der Waals surface area (Å²) in [6, 6.07) is 17.6. The Balaban J connectivity index is 2.09. The largest absolute Gasteiger partial charge is 0.495 e. The van der Waals surface area contributed by atoms with E-state index in [2.05, 4.69) is 5.32 Å². The summed E-state index contributed by atoms with van der Waals surface area (Å²) in [5.74, 6) is -0.836. The van der Waals surface area contributed by atoms with E-state index >= 15 is 0 Å². The molecule has 0 unspecified atom stereocenters. The quantitative estimate of drug-likeness (QED) is 0.335. The van der Waals surface area contributed by atoms with Gasteiger partial charge in [0.2, 0.25) is 21.8 Å².